The molecule has 0 amide bonds. The Hall–Kier alpha value is -2.27. The summed E-state index contributed by atoms with van der Waals surface area (Å²) in [5.74, 6) is 1.59. The van der Waals surface area contributed by atoms with Crippen LogP contribution >= 0.6 is 34.5 Å². The largest absolute Gasteiger partial charge is 0.379 e. The maximum atomic E-state index is 13.0. The van der Waals surface area contributed by atoms with Crippen LogP contribution in [0.2, 0.25) is 10.0 Å². The van der Waals surface area contributed by atoms with Crippen LogP contribution in [0.4, 0.5) is 5.69 Å². The fraction of sp³-hybridized carbons (Fsp3) is 0.333. The molecule has 2 aliphatic carbocycles. The maximum absolute atomic E-state index is 13.0. The molecule has 3 aliphatic rings. The van der Waals surface area contributed by atoms with Crippen LogP contribution in [-0.2, 0) is 14.8 Å². The van der Waals surface area contributed by atoms with Gasteiger partial charge in [0.15, 0.2) is 0 Å². The molecule has 2 fully saturated rings. The van der Waals surface area contributed by atoms with Crippen LogP contribution in [-0.4, -0.2) is 49.9 Å². The second-order valence-corrected chi connectivity index (χ2v) is 13.3. The Labute approximate surface area is 235 Å². The third-order valence-electron chi connectivity index (χ3n) is 7.27. The van der Waals surface area contributed by atoms with Gasteiger partial charge in [0.1, 0.15) is 0 Å². The molecule has 1 saturated heterocycles. The van der Waals surface area contributed by atoms with Gasteiger partial charge in [-0.05, 0) is 61.1 Å². The number of aromatic nitrogens is 1. The highest BCUT2D eigenvalue weighted by Gasteiger charge is 2.34. The number of fused-ring (bicyclic) bond motifs is 2. The minimum absolute atomic E-state index is 0.247. The van der Waals surface area contributed by atoms with Crippen molar-refractivity contribution in [3.8, 4) is 11.3 Å². The lowest BCUT2D eigenvalue weighted by Gasteiger charge is -2.26. The Balaban J connectivity index is 1.35. The zero-order valence-electron chi connectivity index (χ0n) is 20.4. The summed E-state index contributed by atoms with van der Waals surface area (Å²) in [6.07, 6.45) is 8.97. The van der Waals surface area contributed by atoms with E-state index in [1.54, 1.807) is 30.3 Å². The monoisotopic (exact) mass is 588 g/mol. The van der Waals surface area contributed by atoms with Gasteiger partial charge in [0.2, 0.25) is 14.8 Å². The first kappa shape index (κ1) is 26.0. The molecule has 0 spiro atoms. The predicted octanol–water partition coefficient (Wildman–Crippen LogP) is 5.82. The summed E-state index contributed by atoms with van der Waals surface area (Å²) in [7, 11) is -3.57. The lowest BCUT2D eigenvalue weighted by Crippen LogP contribution is -2.40. The average molecular weight is 590 g/mol. The summed E-state index contributed by atoms with van der Waals surface area (Å²) < 4.78 is 34.5. The van der Waals surface area contributed by atoms with E-state index in [1.165, 1.54) is 22.1 Å². The van der Waals surface area contributed by atoms with Gasteiger partial charge in [0, 0.05) is 36.2 Å². The van der Waals surface area contributed by atoms with E-state index in [0.717, 1.165) is 17.7 Å². The van der Waals surface area contributed by atoms with Crippen molar-refractivity contribution in [2.24, 2.45) is 27.8 Å². The van der Waals surface area contributed by atoms with Gasteiger partial charge >= 0.3 is 0 Å². The van der Waals surface area contributed by atoms with Crippen molar-refractivity contribution in [1.82, 2.24) is 8.98 Å². The summed E-state index contributed by atoms with van der Waals surface area (Å²) in [6.45, 7) is 1.53. The number of ether oxygens (including phenoxy) is 1. The van der Waals surface area contributed by atoms with E-state index in [0.29, 0.717) is 64.6 Å². The lowest BCUT2D eigenvalue weighted by molar-refractivity contribution is 0.0730. The van der Waals surface area contributed by atoms with E-state index in [4.69, 9.17) is 38.0 Å². The zero-order valence-corrected chi connectivity index (χ0v) is 23.6. The minimum Gasteiger partial charge on any atom is -0.379 e. The summed E-state index contributed by atoms with van der Waals surface area (Å²) >= 11 is 13.9. The Bertz CT molecular complexity index is 1570. The molecule has 0 N–H and O–H groups in total. The number of halogens is 2. The van der Waals surface area contributed by atoms with Gasteiger partial charge in [-0.1, -0.05) is 41.4 Å². The van der Waals surface area contributed by atoms with Crippen molar-refractivity contribution < 1.29 is 13.2 Å². The van der Waals surface area contributed by atoms with Crippen molar-refractivity contribution >= 4 is 56.5 Å². The number of rotatable bonds is 6. The third kappa shape index (κ3) is 5.15. The van der Waals surface area contributed by atoms with Crippen molar-refractivity contribution in [3.63, 3.8) is 0 Å². The number of hydrogen-bond donors (Lipinski definition) is 0. The van der Waals surface area contributed by atoms with Crippen LogP contribution in [0.15, 0.2) is 75.0 Å². The fourth-order valence-electron chi connectivity index (χ4n) is 5.23. The molecule has 2 aromatic carbocycles. The quantitative estimate of drug-likeness (QED) is 0.269. The normalized spacial score (nSPS) is 24.2. The van der Waals surface area contributed by atoms with Gasteiger partial charge in [0.25, 0.3) is 0 Å². The number of morpholine rings is 1. The van der Waals surface area contributed by atoms with Crippen LogP contribution in [0.5, 0.6) is 0 Å². The van der Waals surface area contributed by atoms with Crippen LogP contribution in [0.25, 0.3) is 11.3 Å². The van der Waals surface area contributed by atoms with Gasteiger partial charge < -0.3 is 4.74 Å². The second kappa shape index (κ2) is 10.7. The van der Waals surface area contributed by atoms with E-state index in [2.05, 4.69) is 12.2 Å². The van der Waals surface area contributed by atoms with Crippen molar-refractivity contribution in [2.75, 3.05) is 26.3 Å². The van der Waals surface area contributed by atoms with E-state index in [-0.39, 0.29) is 4.90 Å². The smallest absolute Gasteiger partial charge is 0.243 e. The molecule has 198 valence electrons. The molecule has 2 bridgehead atoms. The highest BCUT2D eigenvalue weighted by atomic mass is 35.5. The molecule has 7 nitrogen and oxygen atoms in total. The van der Waals surface area contributed by atoms with Crippen LogP contribution in [0, 0.1) is 17.8 Å². The molecule has 3 aromatic rings. The van der Waals surface area contributed by atoms with Crippen molar-refractivity contribution in [1.29, 1.82) is 0 Å². The molecule has 2 heterocycles. The highest BCUT2D eigenvalue weighted by molar-refractivity contribution is 7.89. The Morgan fingerprint density at radius 2 is 1.79 bits per heavy atom. The average Bonchev–Trinajstić information content (AvgIpc) is 3.66. The molecule has 38 heavy (non-hydrogen) atoms. The Morgan fingerprint density at radius 3 is 2.47 bits per heavy atom. The summed E-state index contributed by atoms with van der Waals surface area (Å²) in [5.41, 5.74) is 2.38. The lowest BCUT2D eigenvalue weighted by atomic mass is 9.95. The van der Waals surface area contributed by atoms with Gasteiger partial charge in [-0.3, -0.25) is 0 Å². The molecule has 0 radical (unpaired) electrons. The van der Waals surface area contributed by atoms with Crippen molar-refractivity contribution in [2.45, 2.75) is 17.7 Å². The molecular weight excluding hydrogens is 563 g/mol. The molecule has 6 rings (SSSR count). The number of allylic oxidation sites excluding steroid dienone is 2. The molecule has 1 aromatic heterocycles. The predicted molar refractivity (Wildman–Crippen MR) is 152 cm³/mol. The number of nitrogens with zero attached hydrogens (tertiary/aromatic N) is 4. The van der Waals surface area contributed by atoms with Gasteiger partial charge in [0.05, 0.1) is 39.5 Å². The summed E-state index contributed by atoms with van der Waals surface area (Å²) in [6, 6.07) is 12.2. The Kier molecular flexibility index (Phi) is 7.32. The first-order valence-electron chi connectivity index (χ1n) is 12.5. The SMILES string of the molecule is O=S(=O)(c1ccc(N=c2scc(-c3ccc(Cl)c(Cl)c3)n2N=CC2CC3C=CC2C3)cc1)N1CCOCC1. The van der Waals surface area contributed by atoms with E-state index < -0.39 is 10.0 Å². The molecule has 1 saturated carbocycles. The van der Waals surface area contributed by atoms with Gasteiger partial charge in [-0.2, -0.15) is 9.41 Å². The zero-order chi connectivity index (χ0) is 26.3. The van der Waals surface area contributed by atoms with E-state index >= 15 is 0 Å². The molecular formula is C27H26Cl2N4O3S2. The maximum Gasteiger partial charge on any atom is 0.243 e. The first-order chi connectivity index (χ1) is 18.4. The van der Waals surface area contributed by atoms with Gasteiger partial charge in [-0.25, -0.2) is 18.1 Å². The number of sulfonamides is 1. The number of hydrogen-bond acceptors (Lipinski definition) is 6. The molecule has 3 atom stereocenters. The van der Waals surface area contributed by atoms with Crippen LogP contribution in [0.1, 0.15) is 12.8 Å². The standard InChI is InChI=1S/C27H26Cl2N4O3S2/c28-24-8-3-20(15-25(24)29)26-17-37-27(33(26)30-16-21-14-18-1-2-19(21)13-18)31-22-4-6-23(7-5-22)38(34,35)32-9-11-36-12-10-32/h1-8,15-19,21H,9-14H2. The first-order valence-corrected chi connectivity index (χ1v) is 15.6. The third-order valence-corrected chi connectivity index (χ3v) is 10.7. The topological polar surface area (TPSA) is 76.3 Å². The van der Waals surface area contributed by atoms with Crippen LogP contribution in [0.3, 0.4) is 0 Å². The summed E-state index contributed by atoms with van der Waals surface area (Å²) in [5, 5.41) is 7.85. The molecule has 11 heteroatoms. The number of thiazole rings is 1. The molecule has 3 unspecified atom stereocenters. The minimum atomic E-state index is -3.57. The fourth-order valence-corrected chi connectivity index (χ4v) is 7.79. The van der Waals surface area contributed by atoms with Gasteiger partial charge in [-0.15, -0.1) is 11.3 Å². The molecule has 1 aliphatic heterocycles. The van der Waals surface area contributed by atoms with Crippen LogP contribution < -0.4 is 4.80 Å². The van der Waals surface area contributed by atoms with E-state index in [9.17, 15) is 8.42 Å². The second-order valence-electron chi connectivity index (χ2n) is 9.68. The van der Waals surface area contributed by atoms with Crippen molar-refractivity contribution in [3.05, 3.63) is 74.8 Å². The number of benzene rings is 2. The Morgan fingerprint density at radius 1 is 1.00 bits per heavy atom. The van der Waals surface area contributed by atoms with E-state index in [1.807, 2.05) is 28.4 Å². The highest BCUT2D eigenvalue weighted by Crippen LogP contribution is 2.42. The summed E-state index contributed by atoms with van der Waals surface area (Å²) in [4.78, 5) is 5.74.